The van der Waals surface area contributed by atoms with Crippen LogP contribution in [0.1, 0.15) is 5.56 Å². The fourth-order valence-corrected chi connectivity index (χ4v) is 1.99. The van der Waals surface area contributed by atoms with Crippen molar-refractivity contribution in [3.63, 3.8) is 0 Å². The highest BCUT2D eigenvalue weighted by molar-refractivity contribution is 6.31. The van der Waals surface area contributed by atoms with Gasteiger partial charge in [0, 0.05) is 43.6 Å². The predicted octanol–water partition coefficient (Wildman–Crippen LogP) is 1.93. The third-order valence-corrected chi connectivity index (χ3v) is 3.08. The van der Waals surface area contributed by atoms with Crippen LogP contribution in [0.15, 0.2) is 18.2 Å². The molecule has 0 heterocycles. The lowest BCUT2D eigenvalue weighted by molar-refractivity contribution is 0.190. The van der Waals surface area contributed by atoms with Crippen LogP contribution < -0.4 is 4.90 Å². The Bertz CT molecular complexity index is 352. The summed E-state index contributed by atoms with van der Waals surface area (Å²) in [5.74, 6) is 0. The van der Waals surface area contributed by atoms with E-state index in [0.29, 0.717) is 18.2 Å². The van der Waals surface area contributed by atoms with Gasteiger partial charge in [0.05, 0.1) is 19.8 Å². The van der Waals surface area contributed by atoms with Gasteiger partial charge in [0.25, 0.3) is 0 Å². The molecule has 0 saturated carbocycles. The molecule has 0 aromatic heterocycles. The molecule has 0 aliphatic rings. The lowest BCUT2D eigenvalue weighted by Gasteiger charge is -2.26. The fourth-order valence-electron chi connectivity index (χ4n) is 1.76. The monoisotopic (exact) mass is 273 g/mol. The van der Waals surface area contributed by atoms with E-state index in [1.54, 1.807) is 20.3 Å². The largest absolute Gasteiger partial charge is 0.392 e. The number of nitrogens with zero attached hydrogens (tertiary/aromatic N) is 1. The summed E-state index contributed by atoms with van der Waals surface area (Å²) in [6, 6.07) is 5.60. The van der Waals surface area contributed by atoms with Crippen LogP contribution in [0.25, 0.3) is 0 Å². The second-order valence-corrected chi connectivity index (χ2v) is 4.28. The van der Waals surface area contributed by atoms with Crippen molar-refractivity contribution >= 4 is 17.3 Å². The maximum atomic E-state index is 9.43. The van der Waals surface area contributed by atoms with E-state index in [1.165, 1.54) is 0 Å². The SMILES string of the molecule is COCCN(CCOC)c1cccc(Cl)c1CO. The summed E-state index contributed by atoms with van der Waals surface area (Å²) in [5.41, 5.74) is 1.67. The lowest BCUT2D eigenvalue weighted by Crippen LogP contribution is -2.31. The molecule has 0 amide bonds. The number of aliphatic hydroxyl groups is 1. The zero-order valence-electron chi connectivity index (χ0n) is 10.9. The number of hydrogen-bond acceptors (Lipinski definition) is 4. The Morgan fingerprint density at radius 3 is 2.28 bits per heavy atom. The summed E-state index contributed by atoms with van der Waals surface area (Å²) in [6.45, 7) is 2.61. The van der Waals surface area contributed by atoms with Crippen LogP contribution in [0.4, 0.5) is 5.69 Å². The molecule has 1 aromatic carbocycles. The second-order valence-electron chi connectivity index (χ2n) is 3.87. The maximum Gasteiger partial charge on any atom is 0.0716 e. The smallest absolute Gasteiger partial charge is 0.0716 e. The van der Waals surface area contributed by atoms with Gasteiger partial charge in [-0.25, -0.2) is 0 Å². The van der Waals surface area contributed by atoms with Crippen LogP contribution in [0.5, 0.6) is 0 Å². The molecule has 5 heteroatoms. The van der Waals surface area contributed by atoms with Crippen molar-refractivity contribution in [2.45, 2.75) is 6.61 Å². The van der Waals surface area contributed by atoms with E-state index in [0.717, 1.165) is 24.3 Å². The van der Waals surface area contributed by atoms with E-state index in [9.17, 15) is 5.11 Å². The van der Waals surface area contributed by atoms with Crippen molar-refractivity contribution in [1.29, 1.82) is 0 Å². The Kier molecular flexibility index (Phi) is 7.05. The van der Waals surface area contributed by atoms with E-state index >= 15 is 0 Å². The van der Waals surface area contributed by atoms with Crippen LogP contribution in [0.3, 0.4) is 0 Å². The minimum Gasteiger partial charge on any atom is -0.392 e. The molecule has 102 valence electrons. The summed E-state index contributed by atoms with van der Waals surface area (Å²) < 4.78 is 10.2. The topological polar surface area (TPSA) is 41.9 Å². The molecular weight excluding hydrogens is 254 g/mol. The summed E-state index contributed by atoms with van der Waals surface area (Å²) >= 11 is 6.09. The Morgan fingerprint density at radius 1 is 1.17 bits per heavy atom. The quantitative estimate of drug-likeness (QED) is 0.786. The summed E-state index contributed by atoms with van der Waals surface area (Å²) in [5, 5.41) is 10.0. The van der Waals surface area contributed by atoms with E-state index in [4.69, 9.17) is 21.1 Å². The number of halogens is 1. The minimum absolute atomic E-state index is 0.0779. The van der Waals surface area contributed by atoms with Crippen molar-refractivity contribution in [2.24, 2.45) is 0 Å². The zero-order valence-corrected chi connectivity index (χ0v) is 11.6. The molecule has 0 aliphatic carbocycles. The number of anilines is 1. The van der Waals surface area contributed by atoms with Crippen molar-refractivity contribution in [3.05, 3.63) is 28.8 Å². The molecule has 1 rings (SSSR count). The highest BCUT2D eigenvalue weighted by atomic mass is 35.5. The van der Waals surface area contributed by atoms with Gasteiger partial charge in [0.2, 0.25) is 0 Å². The Labute approximate surface area is 113 Å². The number of aliphatic hydroxyl groups excluding tert-OH is 1. The third kappa shape index (κ3) is 4.14. The molecule has 1 aromatic rings. The number of benzene rings is 1. The molecule has 4 nitrogen and oxygen atoms in total. The van der Waals surface area contributed by atoms with Gasteiger partial charge >= 0.3 is 0 Å². The molecule has 18 heavy (non-hydrogen) atoms. The van der Waals surface area contributed by atoms with Gasteiger partial charge < -0.3 is 19.5 Å². The van der Waals surface area contributed by atoms with Crippen LogP contribution in [-0.4, -0.2) is 45.6 Å². The first kappa shape index (κ1) is 15.2. The average Bonchev–Trinajstić information content (AvgIpc) is 2.39. The summed E-state index contributed by atoms with van der Waals surface area (Å²) in [6.07, 6.45) is 0. The van der Waals surface area contributed by atoms with Crippen LogP contribution in [0, 0.1) is 0 Å². The first-order chi connectivity index (χ1) is 8.74. The molecule has 0 radical (unpaired) electrons. The molecule has 0 bridgehead atoms. The van der Waals surface area contributed by atoms with Crippen molar-refractivity contribution < 1.29 is 14.6 Å². The molecule has 0 spiro atoms. The van der Waals surface area contributed by atoms with E-state index in [2.05, 4.69) is 4.90 Å². The van der Waals surface area contributed by atoms with Crippen LogP contribution >= 0.6 is 11.6 Å². The van der Waals surface area contributed by atoms with Crippen molar-refractivity contribution in [3.8, 4) is 0 Å². The number of rotatable bonds is 8. The van der Waals surface area contributed by atoms with Gasteiger partial charge in [-0.2, -0.15) is 0 Å². The predicted molar refractivity (Wildman–Crippen MR) is 73.3 cm³/mol. The highest BCUT2D eigenvalue weighted by Crippen LogP contribution is 2.27. The average molecular weight is 274 g/mol. The Morgan fingerprint density at radius 2 is 1.78 bits per heavy atom. The van der Waals surface area contributed by atoms with Gasteiger partial charge in [-0.05, 0) is 12.1 Å². The third-order valence-electron chi connectivity index (χ3n) is 2.72. The van der Waals surface area contributed by atoms with Crippen molar-refractivity contribution in [2.75, 3.05) is 45.4 Å². The van der Waals surface area contributed by atoms with Gasteiger partial charge in [-0.3, -0.25) is 0 Å². The maximum absolute atomic E-state index is 9.43. The van der Waals surface area contributed by atoms with E-state index < -0.39 is 0 Å². The second kappa shape index (κ2) is 8.32. The number of ether oxygens (including phenoxy) is 2. The van der Waals surface area contributed by atoms with E-state index in [-0.39, 0.29) is 6.61 Å². The molecule has 0 fully saturated rings. The van der Waals surface area contributed by atoms with Gasteiger partial charge in [0.15, 0.2) is 0 Å². The standard InChI is InChI=1S/C13H20ClNO3/c1-17-8-6-15(7-9-18-2)13-5-3-4-12(14)11(13)10-16/h3-5,16H,6-10H2,1-2H3. The summed E-state index contributed by atoms with van der Waals surface area (Å²) in [7, 11) is 3.33. The van der Waals surface area contributed by atoms with E-state index in [1.807, 2.05) is 12.1 Å². The Hall–Kier alpha value is -0.810. The van der Waals surface area contributed by atoms with Gasteiger partial charge in [-0.15, -0.1) is 0 Å². The molecule has 0 atom stereocenters. The van der Waals surface area contributed by atoms with Crippen LogP contribution in [-0.2, 0) is 16.1 Å². The number of methoxy groups -OCH3 is 2. The van der Waals surface area contributed by atoms with Crippen molar-refractivity contribution in [1.82, 2.24) is 0 Å². The molecule has 0 unspecified atom stereocenters. The fraction of sp³-hybridized carbons (Fsp3) is 0.538. The molecular formula is C13H20ClNO3. The molecule has 1 N–H and O–H groups in total. The molecule has 0 aliphatic heterocycles. The first-order valence-electron chi connectivity index (χ1n) is 5.85. The first-order valence-corrected chi connectivity index (χ1v) is 6.23. The highest BCUT2D eigenvalue weighted by Gasteiger charge is 2.12. The Balaban J connectivity index is 2.91. The normalized spacial score (nSPS) is 10.7. The molecule has 0 saturated heterocycles. The lowest BCUT2D eigenvalue weighted by atomic mass is 10.1. The minimum atomic E-state index is -0.0779. The number of hydrogen-bond donors (Lipinski definition) is 1. The summed E-state index contributed by atoms with van der Waals surface area (Å²) in [4.78, 5) is 2.10. The van der Waals surface area contributed by atoms with Gasteiger partial charge in [0.1, 0.15) is 0 Å². The van der Waals surface area contributed by atoms with Gasteiger partial charge in [-0.1, -0.05) is 17.7 Å². The van der Waals surface area contributed by atoms with Crippen LogP contribution in [0.2, 0.25) is 5.02 Å². The zero-order chi connectivity index (χ0) is 13.4.